The van der Waals surface area contributed by atoms with Crippen LogP contribution in [0.15, 0.2) is 52.6 Å². The Labute approximate surface area is 173 Å². The van der Waals surface area contributed by atoms with Crippen molar-refractivity contribution in [3.63, 3.8) is 0 Å². The van der Waals surface area contributed by atoms with Crippen LogP contribution in [0.1, 0.15) is 42.8 Å². The molecule has 0 saturated heterocycles. The van der Waals surface area contributed by atoms with Crippen LogP contribution in [-0.2, 0) is 4.74 Å². The summed E-state index contributed by atoms with van der Waals surface area (Å²) in [5.41, 5.74) is 3.01. The zero-order valence-electron chi connectivity index (χ0n) is 15.6. The number of hydrogen-bond donors (Lipinski definition) is 0. The second-order valence-corrected chi connectivity index (χ2v) is 8.38. The third-order valence-electron chi connectivity index (χ3n) is 4.13. The number of methoxy groups -OCH3 is 1. The normalized spacial score (nSPS) is 12.6. The Morgan fingerprint density at radius 1 is 1.07 bits per heavy atom. The van der Waals surface area contributed by atoms with Gasteiger partial charge >= 0.3 is 0 Å². The molecule has 4 nitrogen and oxygen atoms in total. The van der Waals surface area contributed by atoms with Gasteiger partial charge < -0.3 is 4.74 Å². The van der Waals surface area contributed by atoms with Gasteiger partial charge in [-0.25, -0.2) is 0 Å². The summed E-state index contributed by atoms with van der Waals surface area (Å²) in [6.45, 7) is 6.23. The predicted molar refractivity (Wildman–Crippen MR) is 111 cm³/mol. The van der Waals surface area contributed by atoms with Gasteiger partial charge in [-0.05, 0) is 56.7 Å². The maximum Gasteiger partial charge on any atom is 0.112 e. The average Bonchev–Trinajstić information content (AvgIpc) is 2.93. The second kappa shape index (κ2) is 8.65. The number of aromatic nitrogens is 3. The van der Waals surface area contributed by atoms with Crippen molar-refractivity contribution >= 4 is 35.0 Å². The van der Waals surface area contributed by atoms with Gasteiger partial charge in [0.2, 0.25) is 0 Å². The molecular formula is C20H21Cl2N3OS. The van der Waals surface area contributed by atoms with Crippen molar-refractivity contribution in [3.8, 4) is 0 Å². The van der Waals surface area contributed by atoms with Crippen LogP contribution in [-0.4, -0.2) is 21.9 Å². The number of aryl methyl sites for hydroxylation is 1. The first-order chi connectivity index (χ1) is 12.9. The first kappa shape index (κ1) is 20.2. The predicted octanol–water partition coefficient (Wildman–Crippen LogP) is 6.36. The molecule has 0 N–H and O–H groups in total. The van der Waals surface area contributed by atoms with Gasteiger partial charge in [0.1, 0.15) is 11.1 Å². The van der Waals surface area contributed by atoms with Crippen molar-refractivity contribution in [2.75, 3.05) is 7.11 Å². The highest BCUT2D eigenvalue weighted by atomic mass is 35.5. The maximum atomic E-state index is 6.20. The van der Waals surface area contributed by atoms with Gasteiger partial charge in [-0.1, -0.05) is 35.0 Å². The third-order valence-corrected chi connectivity index (χ3v) is 5.64. The minimum atomic E-state index is -0.238. The first-order valence-corrected chi connectivity index (χ1v) is 10.1. The van der Waals surface area contributed by atoms with E-state index >= 15 is 0 Å². The zero-order valence-corrected chi connectivity index (χ0v) is 17.9. The maximum absolute atomic E-state index is 6.20. The van der Waals surface area contributed by atoms with E-state index in [2.05, 4.69) is 18.8 Å². The van der Waals surface area contributed by atoms with E-state index in [4.69, 9.17) is 33.0 Å². The van der Waals surface area contributed by atoms with Crippen LogP contribution in [0, 0.1) is 6.92 Å². The Morgan fingerprint density at radius 3 is 2.26 bits per heavy atom. The van der Waals surface area contributed by atoms with Crippen LogP contribution >= 0.6 is 35.0 Å². The Morgan fingerprint density at radius 2 is 1.70 bits per heavy atom. The standard InChI is InChI=1S/C20H21Cl2N3OS/c1-12(2)25-20(27-17-10-15(21)9-16(22)11-17)18(13(3)24-25)19(26-4)14-5-7-23-8-6-14/h5-12,19H,1-4H3. The topological polar surface area (TPSA) is 39.9 Å². The van der Waals surface area contributed by atoms with Crippen LogP contribution in [0.3, 0.4) is 0 Å². The molecule has 3 aromatic rings. The Balaban J connectivity index is 2.13. The third kappa shape index (κ3) is 4.49. The lowest BCUT2D eigenvalue weighted by atomic mass is 10.0. The molecular weight excluding hydrogens is 401 g/mol. The lowest BCUT2D eigenvalue weighted by Crippen LogP contribution is -2.08. The quantitative estimate of drug-likeness (QED) is 0.463. The molecule has 0 saturated carbocycles. The summed E-state index contributed by atoms with van der Waals surface area (Å²) >= 11 is 14.0. The van der Waals surface area contributed by atoms with Gasteiger partial charge in [0, 0.05) is 46.0 Å². The molecule has 0 amide bonds. The van der Waals surface area contributed by atoms with Gasteiger partial charge in [-0.2, -0.15) is 5.10 Å². The van der Waals surface area contributed by atoms with E-state index in [-0.39, 0.29) is 12.1 Å². The highest BCUT2D eigenvalue weighted by molar-refractivity contribution is 7.99. The van der Waals surface area contributed by atoms with Crippen LogP contribution in [0.4, 0.5) is 0 Å². The fraction of sp³-hybridized carbons (Fsp3) is 0.300. The minimum Gasteiger partial charge on any atom is -0.372 e. The fourth-order valence-corrected chi connectivity index (χ4v) is 4.91. The van der Waals surface area contributed by atoms with E-state index in [9.17, 15) is 0 Å². The number of rotatable bonds is 6. The molecule has 0 aliphatic heterocycles. The molecule has 27 heavy (non-hydrogen) atoms. The minimum absolute atomic E-state index is 0.199. The number of halogens is 2. The molecule has 7 heteroatoms. The van der Waals surface area contributed by atoms with Crippen LogP contribution < -0.4 is 0 Å². The molecule has 142 valence electrons. The number of hydrogen-bond acceptors (Lipinski definition) is 4. The van der Waals surface area contributed by atoms with Crippen molar-refractivity contribution < 1.29 is 4.74 Å². The van der Waals surface area contributed by atoms with E-state index in [0.717, 1.165) is 26.7 Å². The number of benzene rings is 1. The summed E-state index contributed by atoms with van der Waals surface area (Å²) < 4.78 is 7.90. The highest BCUT2D eigenvalue weighted by Gasteiger charge is 2.26. The van der Waals surface area contributed by atoms with Crippen molar-refractivity contribution in [1.29, 1.82) is 0 Å². The molecule has 1 atom stereocenters. The summed E-state index contributed by atoms with van der Waals surface area (Å²) in [7, 11) is 1.71. The molecule has 0 radical (unpaired) electrons. The largest absolute Gasteiger partial charge is 0.372 e. The van der Waals surface area contributed by atoms with Crippen LogP contribution in [0.25, 0.3) is 0 Å². The highest BCUT2D eigenvalue weighted by Crippen LogP contribution is 2.41. The molecule has 0 aliphatic rings. The van der Waals surface area contributed by atoms with Crippen LogP contribution in [0.2, 0.25) is 10.0 Å². The molecule has 0 spiro atoms. The monoisotopic (exact) mass is 421 g/mol. The van der Waals surface area contributed by atoms with Crippen molar-refractivity contribution in [1.82, 2.24) is 14.8 Å². The summed E-state index contributed by atoms with van der Waals surface area (Å²) in [4.78, 5) is 5.07. The summed E-state index contributed by atoms with van der Waals surface area (Å²) in [5.74, 6) is 0. The van der Waals surface area contributed by atoms with E-state index in [1.54, 1.807) is 37.3 Å². The van der Waals surface area contributed by atoms with E-state index in [1.165, 1.54) is 0 Å². The lowest BCUT2D eigenvalue weighted by molar-refractivity contribution is 0.133. The van der Waals surface area contributed by atoms with E-state index < -0.39 is 0 Å². The summed E-state index contributed by atoms with van der Waals surface area (Å²) in [6, 6.07) is 9.67. The second-order valence-electron chi connectivity index (χ2n) is 6.45. The van der Waals surface area contributed by atoms with Gasteiger partial charge in [-0.15, -0.1) is 0 Å². The molecule has 3 rings (SSSR count). The lowest BCUT2D eigenvalue weighted by Gasteiger charge is -2.19. The van der Waals surface area contributed by atoms with Gasteiger partial charge in [0.25, 0.3) is 0 Å². The average molecular weight is 422 g/mol. The van der Waals surface area contributed by atoms with Crippen molar-refractivity contribution in [2.45, 2.75) is 42.8 Å². The van der Waals surface area contributed by atoms with E-state index in [0.29, 0.717) is 10.0 Å². The molecule has 0 aliphatic carbocycles. The van der Waals surface area contributed by atoms with Gasteiger partial charge in [0.05, 0.1) is 5.69 Å². The summed E-state index contributed by atoms with van der Waals surface area (Å²) in [5, 5.41) is 7.01. The van der Waals surface area contributed by atoms with Crippen molar-refractivity contribution in [3.05, 3.63) is 69.6 Å². The van der Waals surface area contributed by atoms with Gasteiger partial charge in [-0.3, -0.25) is 9.67 Å². The fourth-order valence-electron chi connectivity index (χ4n) is 2.95. The number of pyridine rings is 1. The summed E-state index contributed by atoms with van der Waals surface area (Å²) in [6.07, 6.45) is 3.30. The number of ether oxygens (including phenoxy) is 1. The molecule has 0 bridgehead atoms. The van der Waals surface area contributed by atoms with E-state index in [1.807, 2.05) is 35.9 Å². The SMILES string of the molecule is COC(c1ccncc1)c1c(C)nn(C(C)C)c1Sc1cc(Cl)cc(Cl)c1. The molecule has 2 aromatic heterocycles. The molecule has 2 heterocycles. The van der Waals surface area contributed by atoms with Gasteiger partial charge in [0.15, 0.2) is 0 Å². The zero-order chi connectivity index (χ0) is 19.6. The number of nitrogens with zero attached hydrogens (tertiary/aromatic N) is 3. The first-order valence-electron chi connectivity index (χ1n) is 8.56. The molecule has 0 fully saturated rings. The van der Waals surface area contributed by atoms with Crippen LogP contribution in [0.5, 0.6) is 0 Å². The molecule has 1 aromatic carbocycles. The molecule has 1 unspecified atom stereocenters. The smallest absolute Gasteiger partial charge is 0.112 e. The Kier molecular flexibility index (Phi) is 6.48. The Hall–Kier alpha value is -1.53. The van der Waals surface area contributed by atoms with Crippen molar-refractivity contribution in [2.24, 2.45) is 0 Å². The Bertz CT molecular complexity index is 908.